The molecule has 0 amide bonds. The highest BCUT2D eigenvalue weighted by Gasteiger charge is 2.46. The second-order valence-corrected chi connectivity index (χ2v) is 8.78. The Morgan fingerprint density at radius 1 is 1.18 bits per heavy atom. The average Bonchev–Trinajstić information content (AvgIpc) is 1.55. The molecule has 0 aliphatic carbocycles. The third-order valence-corrected chi connectivity index (χ3v) is 6.08. The third kappa shape index (κ3) is 6.58. The summed E-state index contributed by atoms with van der Waals surface area (Å²) in [7, 11) is -8.17. The summed E-state index contributed by atoms with van der Waals surface area (Å²) in [5.74, 6) is 0. The van der Waals surface area contributed by atoms with E-state index in [1.807, 2.05) is 6.92 Å². The Bertz CT molecular complexity index is 123. The summed E-state index contributed by atoms with van der Waals surface area (Å²) in [5.41, 5.74) is 0. The van der Waals surface area contributed by atoms with Crippen molar-refractivity contribution in [3.05, 3.63) is 0 Å². The van der Waals surface area contributed by atoms with Crippen LogP contribution in [0.25, 0.3) is 0 Å². The van der Waals surface area contributed by atoms with Crippen molar-refractivity contribution in [1.82, 2.24) is 0 Å². The van der Waals surface area contributed by atoms with Crippen LogP contribution in [0.4, 0.5) is 12.3 Å². The van der Waals surface area contributed by atoms with Crippen molar-refractivity contribution in [1.29, 1.82) is 0 Å². The van der Waals surface area contributed by atoms with Crippen molar-refractivity contribution in [3.8, 4) is 0 Å². The molecule has 0 aliphatic heterocycles. The van der Waals surface area contributed by atoms with E-state index in [2.05, 4.69) is 4.12 Å². The number of hydrogen-bond donors (Lipinski definition) is 0. The summed E-state index contributed by atoms with van der Waals surface area (Å²) in [5, 5.41) is 0. The van der Waals surface area contributed by atoms with Gasteiger partial charge in [0.15, 0.2) is 8.32 Å². The maximum Gasteiger partial charge on any atom is 0.791 e. The first-order valence-electron chi connectivity index (χ1n) is 3.54. The van der Waals surface area contributed by atoms with Gasteiger partial charge in [0, 0.05) is 0 Å². The van der Waals surface area contributed by atoms with Gasteiger partial charge in [-0.2, -0.15) is 0 Å². The zero-order chi connectivity index (χ0) is 9.12. The van der Waals surface area contributed by atoms with E-state index in [9.17, 15) is 12.3 Å². The van der Waals surface area contributed by atoms with Crippen LogP contribution in [0.1, 0.15) is 13.3 Å². The van der Waals surface area contributed by atoms with Crippen molar-refractivity contribution in [2.75, 3.05) is 0 Å². The molecule has 0 atom stereocenters. The van der Waals surface area contributed by atoms with E-state index < -0.39 is 17.6 Å². The SMILES string of the molecule is CCC[Si](C)(C)O[Si](F)(F)F. The Labute approximate surface area is 67.3 Å². The molecule has 0 rings (SSSR count). The van der Waals surface area contributed by atoms with Crippen LogP contribution in [0.15, 0.2) is 0 Å². The van der Waals surface area contributed by atoms with Crippen molar-refractivity contribution in [2.45, 2.75) is 32.5 Å². The largest absolute Gasteiger partial charge is 0.791 e. The first kappa shape index (κ1) is 11.2. The molecule has 0 unspecified atom stereocenters. The van der Waals surface area contributed by atoms with Gasteiger partial charge in [0.1, 0.15) is 0 Å². The standard InChI is InChI=1S/C5H13F3OSi2/c1-4-5-10(2,3)9-11(6,7)8/h4-5H2,1-3H3. The Balaban J connectivity index is 3.91. The molecule has 0 bridgehead atoms. The fourth-order valence-corrected chi connectivity index (χ4v) is 5.09. The lowest BCUT2D eigenvalue weighted by Crippen LogP contribution is -2.39. The summed E-state index contributed by atoms with van der Waals surface area (Å²) in [6.45, 7) is 5.09. The smallest absolute Gasteiger partial charge is 0.385 e. The van der Waals surface area contributed by atoms with Gasteiger partial charge in [-0.1, -0.05) is 13.3 Å². The van der Waals surface area contributed by atoms with Gasteiger partial charge in [-0.05, 0) is 19.1 Å². The van der Waals surface area contributed by atoms with E-state index in [1.54, 1.807) is 13.1 Å². The second-order valence-electron chi connectivity index (χ2n) is 3.06. The number of rotatable bonds is 4. The van der Waals surface area contributed by atoms with Gasteiger partial charge in [0.25, 0.3) is 0 Å². The van der Waals surface area contributed by atoms with E-state index in [-0.39, 0.29) is 0 Å². The molecule has 1 nitrogen and oxygen atoms in total. The molecule has 0 N–H and O–H groups in total. The van der Waals surface area contributed by atoms with Crippen molar-refractivity contribution in [2.24, 2.45) is 0 Å². The molecular formula is C5H13F3OSi2. The average molecular weight is 202 g/mol. The highest BCUT2D eigenvalue weighted by molar-refractivity contribution is 6.78. The minimum absolute atomic E-state index is 0.583. The monoisotopic (exact) mass is 202 g/mol. The molecule has 0 saturated carbocycles. The molecule has 0 heterocycles. The first-order chi connectivity index (χ1) is 4.77. The predicted octanol–water partition coefficient (Wildman–Crippen LogP) is 2.96. The lowest BCUT2D eigenvalue weighted by Gasteiger charge is -2.22. The van der Waals surface area contributed by atoms with Crippen molar-refractivity contribution < 1.29 is 16.4 Å². The Kier molecular flexibility index (Phi) is 3.79. The molecule has 0 aromatic heterocycles. The topological polar surface area (TPSA) is 9.23 Å². The van der Waals surface area contributed by atoms with Crippen LogP contribution in [-0.4, -0.2) is 17.6 Å². The fraction of sp³-hybridized carbons (Fsp3) is 1.00. The summed E-state index contributed by atoms with van der Waals surface area (Å²) in [6.07, 6.45) is 0.768. The van der Waals surface area contributed by atoms with Gasteiger partial charge in [0.05, 0.1) is 0 Å². The quantitative estimate of drug-likeness (QED) is 0.503. The van der Waals surface area contributed by atoms with E-state index in [1.165, 1.54) is 0 Å². The van der Waals surface area contributed by atoms with E-state index >= 15 is 0 Å². The highest BCUT2D eigenvalue weighted by atomic mass is 28.5. The molecule has 0 aromatic rings. The second kappa shape index (κ2) is 3.73. The van der Waals surface area contributed by atoms with E-state index in [0.29, 0.717) is 6.04 Å². The Hall–Kier alpha value is 0.184. The van der Waals surface area contributed by atoms with Crippen LogP contribution >= 0.6 is 0 Å². The fourth-order valence-electron chi connectivity index (χ4n) is 0.966. The van der Waals surface area contributed by atoms with Gasteiger partial charge in [-0.15, -0.1) is 0 Å². The molecule has 11 heavy (non-hydrogen) atoms. The van der Waals surface area contributed by atoms with E-state index in [4.69, 9.17) is 0 Å². The molecule has 0 spiro atoms. The molecule has 0 aromatic carbocycles. The number of hydrogen-bond acceptors (Lipinski definition) is 1. The molecule has 0 radical (unpaired) electrons. The van der Waals surface area contributed by atoms with Gasteiger partial charge in [-0.25, -0.2) is 12.3 Å². The van der Waals surface area contributed by atoms with Crippen LogP contribution in [0.3, 0.4) is 0 Å². The molecule has 0 saturated heterocycles. The molecular weight excluding hydrogens is 189 g/mol. The van der Waals surface area contributed by atoms with Crippen LogP contribution in [0.5, 0.6) is 0 Å². The molecule has 6 heteroatoms. The van der Waals surface area contributed by atoms with Gasteiger partial charge < -0.3 is 4.12 Å². The van der Waals surface area contributed by atoms with Crippen LogP contribution in [0, 0.1) is 0 Å². The number of halogens is 3. The third-order valence-electron chi connectivity index (χ3n) is 1.24. The summed E-state index contributed by atoms with van der Waals surface area (Å²) < 4.78 is 39.6. The maximum absolute atomic E-state index is 11.8. The molecule has 0 aliphatic rings. The highest BCUT2D eigenvalue weighted by Crippen LogP contribution is 2.21. The van der Waals surface area contributed by atoms with E-state index in [0.717, 1.165) is 6.42 Å². The van der Waals surface area contributed by atoms with Gasteiger partial charge in [-0.3, -0.25) is 0 Å². The van der Waals surface area contributed by atoms with Crippen molar-refractivity contribution >= 4 is 17.6 Å². The van der Waals surface area contributed by atoms with Gasteiger partial charge >= 0.3 is 9.32 Å². The van der Waals surface area contributed by atoms with Crippen LogP contribution in [0.2, 0.25) is 19.1 Å². The van der Waals surface area contributed by atoms with Crippen LogP contribution < -0.4 is 0 Å². The Morgan fingerprint density at radius 2 is 1.64 bits per heavy atom. The molecule has 0 fully saturated rings. The van der Waals surface area contributed by atoms with Gasteiger partial charge in [0.2, 0.25) is 0 Å². The predicted molar refractivity (Wildman–Crippen MR) is 42.7 cm³/mol. The first-order valence-corrected chi connectivity index (χ1v) is 8.19. The Morgan fingerprint density at radius 3 is 1.91 bits per heavy atom. The lowest BCUT2D eigenvalue weighted by molar-refractivity contribution is 0.290. The minimum Gasteiger partial charge on any atom is -0.385 e. The lowest BCUT2D eigenvalue weighted by atomic mass is 10.6. The summed E-state index contributed by atoms with van der Waals surface area (Å²) >= 11 is 0. The van der Waals surface area contributed by atoms with Crippen LogP contribution in [-0.2, 0) is 4.12 Å². The maximum atomic E-state index is 11.8. The normalized spacial score (nSPS) is 13.6. The van der Waals surface area contributed by atoms with Crippen molar-refractivity contribution in [3.63, 3.8) is 0 Å². The molecule has 68 valence electrons. The zero-order valence-electron chi connectivity index (χ0n) is 6.96. The summed E-state index contributed by atoms with van der Waals surface area (Å²) in [6, 6.07) is 0.583. The summed E-state index contributed by atoms with van der Waals surface area (Å²) in [4.78, 5) is 0. The minimum atomic E-state index is -5.77. The zero-order valence-corrected chi connectivity index (χ0v) is 8.96.